The number of aromatic nitrogens is 1. The van der Waals surface area contributed by atoms with Crippen molar-refractivity contribution in [3.63, 3.8) is 0 Å². The van der Waals surface area contributed by atoms with E-state index in [9.17, 15) is 0 Å². The highest BCUT2D eigenvalue weighted by Gasteiger charge is 2.01. The molecular formula is C9H6Br2N2. The number of pyridine rings is 1. The molecule has 0 aliphatic rings. The van der Waals surface area contributed by atoms with E-state index in [2.05, 4.69) is 36.8 Å². The fraction of sp³-hybridized carbons (Fsp3) is 0. The number of hydrogen-bond acceptors (Lipinski definition) is 2. The van der Waals surface area contributed by atoms with Crippen molar-refractivity contribution in [2.24, 2.45) is 0 Å². The molecule has 1 aromatic carbocycles. The van der Waals surface area contributed by atoms with Crippen molar-refractivity contribution >= 4 is 48.5 Å². The van der Waals surface area contributed by atoms with Crippen LogP contribution in [0.1, 0.15) is 0 Å². The summed E-state index contributed by atoms with van der Waals surface area (Å²) in [5, 5.41) is 2.06. The van der Waals surface area contributed by atoms with Gasteiger partial charge < -0.3 is 5.73 Å². The molecule has 0 saturated carbocycles. The topological polar surface area (TPSA) is 38.9 Å². The van der Waals surface area contributed by atoms with Crippen LogP contribution in [-0.4, -0.2) is 4.98 Å². The van der Waals surface area contributed by atoms with Gasteiger partial charge in [0.15, 0.2) is 0 Å². The number of halogens is 2. The number of nitrogens with zero attached hydrogens (tertiary/aromatic N) is 1. The van der Waals surface area contributed by atoms with Gasteiger partial charge in [0.25, 0.3) is 0 Å². The van der Waals surface area contributed by atoms with E-state index in [0.717, 1.165) is 19.8 Å². The molecule has 0 saturated heterocycles. The lowest BCUT2D eigenvalue weighted by Crippen LogP contribution is -1.91. The molecule has 1 heterocycles. The summed E-state index contributed by atoms with van der Waals surface area (Å²) in [5.74, 6) is 0.547. The Bertz CT molecular complexity index is 468. The summed E-state index contributed by atoms with van der Waals surface area (Å²) in [7, 11) is 0. The maximum absolute atomic E-state index is 5.76. The third-order valence-corrected chi connectivity index (χ3v) is 2.69. The quantitative estimate of drug-likeness (QED) is 0.758. The largest absolute Gasteiger partial charge is 0.383 e. The van der Waals surface area contributed by atoms with E-state index >= 15 is 0 Å². The average molecular weight is 302 g/mol. The molecule has 4 heteroatoms. The summed E-state index contributed by atoms with van der Waals surface area (Å²) in [5.41, 5.74) is 5.76. The van der Waals surface area contributed by atoms with Gasteiger partial charge in [-0.25, -0.2) is 4.98 Å². The Kier molecular flexibility index (Phi) is 2.26. The van der Waals surface area contributed by atoms with Crippen LogP contribution in [0.4, 0.5) is 5.82 Å². The van der Waals surface area contributed by atoms with Crippen LogP contribution < -0.4 is 5.73 Å². The molecule has 2 N–H and O–H groups in total. The Hall–Kier alpha value is -0.610. The molecule has 1 aromatic heterocycles. The molecule has 0 aliphatic carbocycles. The zero-order valence-electron chi connectivity index (χ0n) is 6.59. The van der Waals surface area contributed by atoms with E-state index in [0.29, 0.717) is 5.82 Å². The van der Waals surface area contributed by atoms with Crippen LogP contribution in [0.5, 0.6) is 0 Å². The Morgan fingerprint density at radius 2 is 1.92 bits per heavy atom. The summed E-state index contributed by atoms with van der Waals surface area (Å²) in [6.07, 6.45) is 0. The SMILES string of the molecule is Nc1nc(Br)cc2ccc(Br)cc12. The molecule has 0 amide bonds. The molecule has 0 spiro atoms. The normalized spacial score (nSPS) is 10.6. The molecule has 2 nitrogen and oxygen atoms in total. The van der Waals surface area contributed by atoms with Crippen molar-refractivity contribution in [1.82, 2.24) is 4.98 Å². The lowest BCUT2D eigenvalue weighted by Gasteiger charge is -2.02. The molecular weight excluding hydrogens is 296 g/mol. The molecule has 0 unspecified atom stereocenters. The second kappa shape index (κ2) is 3.27. The summed E-state index contributed by atoms with van der Waals surface area (Å²) in [6, 6.07) is 7.89. The first-order chi connectivity index (χ1) is 6.16. The average Bonchev–Trinajstić information content (AvgIpc) is 2.06. The minimum atomic E-state index is 0.547. The Morgan fingerprint density at radius 3 is 2.69 bits per heavy atom. The highest BCUT2D eigenvalue weighted by atomic mass is 79.9. The summed E-state index contributed by atoms with van der Waals surface area (Å²) in [6.45, 7) is 0. The fourth-order valence-electron chi connectivity index (χ4n) is 1.21. The van der Waals surface area contributed by atoms with Gasteiger partial charge >= 0.3 is 0 Å². The summed E-state index contributed by atoms with van der Waals surface area (Å²) >= 11 is 6.69. The molecule has 2 rings (SSSR count). The van der Waals surface area contributed by atoms with Crippen LogP contribution in [0.2, 0.25) is 0 Å². The van der Waals surface area contributed by atoms with Gasteiger partial charge in [0.05, 0.1) is 0 Å². The van der Waals surface area contributed by atoms with E-state index < -0.39 is 0 Å². The van der Waals surface area contributed by atoms with Gasteiger partial charge in [-0.1, -0.05) is 22.0 Å². The van der Waals surface area contributed by atoms with Crippen LogP contribution in [-0.2, 0) is 0 Å². The fourth-order valence-corrected chi connectivity index (χ4v) is 2.01. The smallest absolute Gasteiger partial charge is 0.132 e. The molecule has 0 atom stereocenters. The minimum Gasteiger partial charge on any atom is -0.383 e. The number of anilines is 1. The first kappa shape index (κ1) is 8.97. The number of nitrogen functional groups attached to an aromatic ring is 1. The number of nitrogens with two attached hydrogens (primary N) is 1. The van der Waals surface area contributed by atoms with E-state index in [1.165, 1.54) is 0 Å². The van der Waals surface area contributed by atoms with Crippen molar-refractivity contribution in [3.05, 3.63) is 33.3 Å². The molecule has 0 fully saturated rings. The summed E-state index contributed by atoms with van der Waals surface area (Å²) in [4.78, 5) is 4.12. The van der Waals surface area contributed by atoms with Crippen molar-refractivity contribution < 1.29 is 0 Å². The standard InChI is InChI=1S/C9H6Br2N2/c10-6-2-1-5-3-8(11)13-9(12)7(5)4-6/h1-4H,(H2,12,13). The van der Waals surface area contributed by atoms with Gasteiger partial charge in [0, 0.05) is 9.86 Å². The number of fused-ring (bicyclic) bond motifs is 1. The molecule has 0 aliphatic heterocycles. The first-order valence-electron chi connectivity index (χ1n) is 3.68. The maximum Gasteiger partial charge on any atom is 0.132 e. The van der Waals surface area contributed by atoms with Crippen LogP contribution in [0.15, 0.2) is 33.3 Å². The molecule has 13 heavy (non-hydrogen) atoms. The van der Waals surface area contributed by atoms with Gasteiger partial charge in [0.1, 0.15) is 10.4 Å². The van der Waals surface area contributed by atoms with E-state index in [1.54, 1.807) is 0 Å². The minimum absolute atomic E-state index is 0.547. The first-order valence-corrected chi connectivity index (χ1v) is 5.27. The Morgan fingerprint density at radius 1 is 1.15 bits per heavy atom. The second-order valence-corrected chi connectivity index (χ2v) is 4.42. The van der Waals surface area contributed by atoms with E-state index in [4.69, 9.17) is 5.73 Å². The number of benzene rings is 1. The van der Waals surface area contributed by atoms with Gasteiger partial charge in [-0.05, 0) is 39.5 Å². The van der Waals surface area contributed by atoms with E-state index in [-0.39, 0.29) is 0 Å². The maximum atomic E-state index is 5.76. The Balaban J connectivity index is 2.87. The molecule has 0 radical (unpaired) electrons. The molecule has 0 bridgehead atoms. The van der Waals surface area contributed by atoms with Crippen LogP contribution in [0.3, 0.4) is 0 Å². The summed E-state index contributed by atoms with van der Waals surface area (Å²) < 4.78 is 1.77. The van der Waals surface area contributed by atoms with Gasteiger partial charge in [-0.3, -0.25) is 0 Å². The molecule has 2 aromatic rings. The van der Waals surface area contributed by atoms with Gasteiger partial charge in [-0.15, -0.1) is 0 Å². The zero-order chi connectivity index (χ0) is 9.42. The Labute approximate surface area is 92.4 Å². The third-order valence-electron chi connectivity index (χ3n) is 1.79. The highest BCUT2D eigenvalue weighted by Crippen LogP contribution is 2.25. The second-order valence-electron chi connectivity index (χ2n) is 2.70. The molecule has 66 valence electrons. The third kappa shape index (κ3) is 1.69. The number of hydrogen-bond donors (Lipinski definition) is 1. The number of rotatable bonds is 0. The van der Waals surface area contributed by atoms with Gasteiger partial charge in [-0.2, -0.15) is 0 Å². The van der Waals surface area contributed by atoms with Crippen LogP contribution in [0, 0.1) is 0 Å². The van der Waals surface area contributed by atoms with Crippen molar-refractivity contribution in [2.45, 2.75) is 0 Å². The van der Waals surface area contributed by atoms with Crippen molar-refractivity contribution in [2.75, 3.05) is 5.73 Å². The van der Waals surface area contributed by atoms with E-state index in [1.807, 2.05) is 24.3 Å². The highest BCUT2D eigenvalue weighted by molar-refractivity contribution is 9.10. The zero-order valence-corrected chi connectivity index (χ0v) is 9.76. The van der Waals surface area contributed by atoms with Gasteiger partial charge in [0.2, 0.25) is 0 Å². The predicted octanol–water partition coefficient (Wildman–Crippen LogP) is 3.34. The lowest BCUT2D eigenvalue weighted by atomic mass is 10.2. The van der Waals surface area contributed by atoms with Crippen molar-refractivity contribution in [3.8, 4) is 0 Å². The van der Waals surface area contributed by atoms with Crippen LogP contribution >= 0.6 is 31.9 Å². The predicted molar refractivity (Wildman–Crippen MR) is 61.6 cm³/mol. The lowest BCUT2D eigenvalue weighted by molar-refractivity contribution is 1.31. The van der Waals surface area contributed by atoms with Crippen LogP contribution in [0.25, 0.3) is 10.8 Å². The monoisotopic (exact) mass is 300 g/mol. The van der Waals surface area contributed by atoms with Crippen molar-refractivity contribution in [1.29, 1.82) is 0 Å².